The summed E-state index contributed by atoms with van der Waals surface area (Å²) in [6.07, 6.45) is 11.7. The molecule has 0 bridgehead atoms. The molecule has 0 aromatic rings. The van der Waals surface area contributed by atoms with Crippen molar-refractivity contribution in [1.82, 2.24) is 0 Å². The van der Waals surface area contributed by atoms with Gasteiger partial charge in [0.25, 0.3) is 0 Å². The molecule has 0 aliphatic heterocycles. The van der Waals surface area contributed by atoms with Crippen LogP contribution >= 0.6 is 0 Å². The molecule has 128 valence electrons. The van der Waals surface area contributed by atoms with Crippen LogP contribution in [0.2, 0.25) is 21.1 Å². The molecule has 5 heteroatoms. The quantitative estimate of drug-likeness (QED) is 0.325. The van der Waals surface area contributed by atoms with Crippen molar-refractivity contribution in [2.75, 3.05) is 13.1 Å². The molecule has 4 radical (unpaired) electrons. The molecular weight excluding hydrogens is 451 g/mol. The van der Waals surface area contributed by atoms with Crippen LogP contribution in [0.25, 0.3) is 0 Å². The molecule has 0 saturated heterocycles. The molecule has 0 aliphatic rings. The first-order chi connectivity index (χ1) is 10.2. The van der Waals surface area contributed by atoms with Crippen molar-refractivity contribution in [3.63, 3.8) is 0 Å². The molecule has 0 heterocycles. The van der Waals surface area contributed by atoms with E-state index in [0.29, 0.717) is 15.4 Å². The van der Waals surface area contributed by atoms with E-state index in [1.807, 2.05) is 0 Å². The maximum absolute atomic E-state index is 5.00. The first-order valence-electron chi connectivity index (χ1n) is 8.52. The van der Waals surface area contributed by atoms with Crippen LogP contribution in [0.15, 0.2) is 0 Å². The van der Waals surface area contributed by atoms with E-state index >= 15 is 0 Å². The van der Waals surface area contributed by atoms with Crippen molar-refractivity contribution in [3.8, 4) is 0 Å². The molecule has 0 amide bonds. The van der Waals surface area contributed by atoms with E-state index in [1.54, 1.807) is 10.5 Å². The summed E-state index contributed by atoms with van der Waals surface area (Å²) in [5.74, 6) is 0. The standard InChI is InChI=1S/C12H26Ge.2C2H6NSe/c1-3-5-7-9-11-13-12-10-8-6-4-2;2*3-1-2-4/h3-12H2,1-2H3;2*1-3H2. The Morgan fingerprint density at radius 1 is 0.667 bits per heavy atom. The van der Waals surface area contributed by atoms with Gasteiger partial charge in [-0.25, -0.2) is 0 Å². The van der Waals surface area contributed by atoms with Gasteiger partial charge in [-0.1, -0.05) is 0 Å². The summed E-state index contributed by atoms with van der Waals surface area (Å²) in [5, 5.41) is 5.15. The summed E-state index contributed by atoms with van der Waals surface area (Å²) < 4.78 is 0. The third-order valence-electron chi connectivity index (χ3n) is 2.65. The minimum absolute atomic E-state index is 0.468. The van der Waals surface area contributed by atoms with Crippen molar-refractivity contribution in [3.05, 3.63) is 0 Å². The third kappa shape index (κ3) is 44.9. The van der Waals surface area contributed by atoms with Gasteiger partial charge in [-0.15, -0.1) is 0 Å². The number of nitrogens with two attached hydrogens (primary N) is 2. The predicted molar refractivity (Wildman–Crippen MR) is 103 cm³/mol. The van der Waals surface area contributed by atoms with Gasteiger partial charge in [0.1, 0.15) is 0 Å². The van der Waals surface area contributed by atoms with Gasteiger partial charge in [-0.3, -0.25) is 0 Å². The minimum atomic E-state index is 0.468. The Bertz CT molecular complexity index is 123. The summed E-state index contributed by atoms with van der Waals surface area (Å²) in [7, 11) is 0. The van der Waals surface area contributed by atoms with Crippen LogP contribution in [-0.2, 0) is 0 Å². The van der Waals surface area contributed by atoms with Crippen molar-refractivity contribution in [2.24, 2.45) is 11.5 Å². The Labute approximate surface area is 157 Å². The van der Waals surface area contributed by atoms with Gasteiger partial charge in [0.05, 0.1) is 0 Å². The van der Waals surface area contributed by atoms with Gasteiger partial charge in [-0.2, -0.15) is 0 Å². The summed E-state index contributed by atoms with van der Waals surface area (Å²) in [6, 6.07) is 0. The van der Waals surface area contributed by atoms with Crippen LogP contribution in [0.1, 0.15) is 65.2 Å². The molecule has 0 aliphatic carbocycles. The second kappa shape index (κ2) is 33.2. The number of hydrogen-bond acceptors (Lipinski definition) is 2. The Balaban J connectivity index is -0.000000334. The molecule has 0 fully saturated rings. The molecule has 0 aromatic carbocycles. The van der Waals surface area contributed by atoms with Crippen LogP contribution in [-0.4, -0.2) is 60.5 Å². The average molecular weight is 489 g/mol. The summed E-state index contributed by atoms with van der Waals surface area (Å²) in [4.78, 5) is 0. The number of hydrogen-bond donors (Lipinski definition) is 2. The molecule has 4 N–H and O–H groups in total. The summed E-state index contributed by atoms with van der Waals surface area (Å²) >= 11 is 6.00. The van der Waals surface area contributed by atoms with E-state index in [1.165, 1.54) is 51.4 Å². The topological polar surface area (TPSA) is 52.0 Å². The first-order valence-corrected chi connectivity index (χ1v) is 13.9. The van der Waals surface area contributed by atoms with E-state index in [2.05, 4.69) is 45.9 Å². The Kier molecular flexibility index (Phi) is 43.2. The van der Waals surface area contributed by atoms with Crippen LogP contribution in [0.4, 0.5) is 0 Å². The zero-order chi connectivity index (χ0) is 16.6. The molecule has 0 unspecified atom stereocenters. The van der Waals surface area contributed by atoms with Gasteiger partial charge in [0, 0.05) is 0 Å². The summed E-state index contributed by atoms with van der Waals surface area (Å²) in [5.41, 5.74) is 9.99. The molecular formula is C16H38GeN2Se2. The molecule has 0 spiro atoms. The third-order valence-corrected chi connectivity index (χ3v) is 6.61. The molecule has 0 atom stereocenters. The maximum atomic E-state index is 5.00. The van der Waals surface area contributed by atoms with E-state index in [4.69, 9.17) is 11.5 Å². The van der Waals surface area contributed by atoms with Crippen LogP contribution in [0, 0.1) is 0 Å². The van der Waals surface area contributed by atoms with Crippen molar-refractivity contribution < 1.29 is 0 Å². The van der Waals surface area contributed by atoms with Gasteiger partial charge >= 0.3 is 158 Å². The predicted octanol–water partition coefficient (Wildman–Crippen LogP) is 3.75. The SMILES string of the molecule is CCCCC[CH2][Ge][CH2]CCCCC.NCC[Se].NCC[Se]. The Morgan fingerprint density at radius 3 is 1.24 bits per heavy atom. The van der Waals surface area contributed by atoms with E-state index in [0.717, 1.165) is 23.7 Å². The number of rotatable bonds is 12. The van der Waals surface area contributed by atoms with Gasteiger partial charge < -0.3 is 0 Å². The van der Waals surface area contributed by atoms with E-state index in [9.17, 15) is 0 Å². The molecule has 0 aromatic heterocycles. The fraction of sp³-hybridized carbons (Fsp3) is 1.00. The second-order valence-electron chi connectivity index (χ2n) is 4.86. The van der Waals surface area contributed by atoms with Crippen LogP contribution in [0.3, 0.4) is 0 Å². The second-order valence-corrected chi connectivity index (χ2v) is 9.72. The van der Waals surface area contributed by atoms with Gasteiger partial charge in [0.15, 0.2) is 0 Å². The zero-order valence-corrected chi connectivity index (χ0v) is 19.9. The fourth-order valence-electron chi connectivity index (χ4n) is 1.48. The van der Waals surface area contributed by atoms with Crippen molar-refractivity contribution >= 4 is 47.5 Å². The fourth-order valence-corrected chi connectivity index (χ4v) is 4.10. The molecule has 21 heavy (non-hydrogen) atoms. The molecule has 2 nitrogen and oxygen atoms in total. The Morgan fingerprint density at radius 2 is 1.00 bits per heavy atom. The monoisotopic (exact) mass is 492 g/mol. The normalized spacial score (nSPS) is 9.43. The van der Waals surface area contributed by atoms with E-state index < -0.39 is 0 Å². The Hall–Kier alpha value is 1.50. The van der Waals surface area contributed by atoms with Gasteiger partial charge in [-0.05, 0) is 0 Å². The van der Waals surface area contributed by atoms with E-state index in [-0.39, 0.29) is 0 Å². The number of unbranched alkanes of at least 4 members (excludes halogenated alkanes) is 6. The van der Waals surface area contributed by atoms with Crippen LogP contribution < -0.4 is 11.5 Å². The van der Waals surface area contributed by atoms with Crippen molar-refractivity contribution in [1.29, 1.82) is 0 Å². The molecule has 0 saturated carbocycles. The average Bonchev–Trinajstić information content (AvgIpc) is 2.54. The van der Waals surface area contributed by atoms with Gasteiger partial charge in [0.2, 0.25) is 0 Å². The van der Waals surface area contributed by atoms with Crippen molar-refractivity contribution in [2.45, 2.75) is 86.4 Å². The summed E-state index contributed by atoms with van der Waals surface area (Å²) in [6.45, 7) is 6.11. The zero-order valence-electron chi connectivity index (χ0n) is 14.4. The first kappa shape index (κ1) is 27.4. The van der Waals surface area contributed by atoms with Crippen LogP contribution in [0.5, 0.6) is 0 Å². The molecule has 0 rings (SSSR count).